The molecule has 78 valence electrons. The van der Waals surface area contributed by atoms with Crippen LogP contribution in [0.1, 0.15) is 36.0 Å². The molecule has 1 unspecified atom stereocenters. The summed E-state index contributed by atoms with van der Waals surface area (Å²) >= 11 is 0. The van der Waals surface area contributed by atoms with Crippen LogP contribution in [0.2, 0.25) is 0 Å². The van der Waals surface area contributed by atoms with E-state index in [-0.39, 0.29) is 5.78 Å². The van der Waals surface area contributed by atoms with E-state index in [0.29, 0.717) is 12.3 Å². The van der Waals surface area contributed by atoms with E-state index in [1.54, 1.807) is 0 Å². The van der Waals surface area contributed by atoms with E-state index >= 15 is 0 Å². The minimum Gasteiger partial charge on any atom is -0.294 e. The molecule has 1 atom stereocenters. The van der Waals surface area contributed by atoms with Crippen LogP contribution in [0.5, 0.6) is 0 Å². The molecular formula is C14H16O. The normalized spacial score (nSPS) is 20.5. The van der Waals surface area contributed by atoms with Crippen LogP contribution in [-0.2, 0) is 0 Å². The van der Waals surface area contributed by atoms with Gasteiger partial charge in [-0.25, -0.2) is 0 Å². The van der Waals surface area contributed by atoms with Crippen molar-refractivity contribution in [3.8, 4) is 0 Å². The van der Waals surface area contributed by atoms with Gasteiger partial charge < -0.3 is 0 Å². The molecule has 0 spiro atoms. The fourth-order valence-electron chi connectivity index (χ4n) is 2.20. The van der Waals surface area contributed by atoms with E-state index in [1.165, 1.54) is 12.0 Å². The second-order valence-corrected chi connectivity index (χ2v) is 4.24. The molecule has 0 saturated heterocycles. The lowest BCUT2D eigenvalue weighted by molar-refractivity contribution is 0.0968. The summed E-state index contributed by atoms with van der Waals surface area (Å²) in [6.07, 6.45) is 4.08. The maximum atomic E-state index is 11.9. The third-order valence-corrected chi connectivity index (χ3v) is 3.16. The zero-order valence-electron chi connectivity index (χ0n) is 8.91. The molecule has 0 bridgehead atoms. The van der Waals surface area contributed by atoms with Gasteiger partial charge in [-0.1, -0.05) is 42.5 Å². The van der Waals surface area contributed by atoms with Crippen molar-refractivity contribution in [1.82, 2.24) is 0 Å². The molecule has 1 aromatic carbocycles. The summed E-state index contributed by atoms with van der Waals surface area (Å²) in [5, 5.41) is 0. The van der Waals surface area contributed by atoms with Crippen LogP contribution in [0.15, 0.2) is 42.5 Å². The number of hydrogen-bond donors (Lipinski definition) is 0. The lowest BCUT2D eigenvalue weighted by Gasteiger charge is -2.09. The lowest BCUT2D eigenvalue weighted by atomic mass is 9.94. The first-order valence-corrected chi connectivity index (χ1v) is 5.53. The average molecular weight is 200 g/mol. The predicted octanol–water partition coefficient (Wildman–Crippen LogP) is 3.62. The molecule has 0 radical (unpaired) electrons. The molecule has 0 heterocycles. The van der Waals surface area contributed by atoms with Crippen molar-refractivity contribution in [3.05, 3.63) is 48.0 Å². The monoisotopic (exact) mass is 200 g/mol. The first kappa shape index (κ1) is 10.2. The second-order valence-electron chi connectivity index (χ2n) is 4.24. The van der Waals surface area contributed by atoms with Crippen molar-refractivity contribution in [2.75, 3.05) is 0 Å². The Morgan fingerprint density at radius 3 is 2.67 bits per heavy atom. The molecule has 0 N–H and O–H groups in total. The number of hydrogen-bond acceptors (Lipinski definition) is 1. The summed E-state index contributed by atoms with van der Waals surface area (Å²) in [5.74, 6) is 0.682. The fourth-order valence-corrected chi connectivity index (χ4v) is 2.20. The highest BCUT2D eigenvalue weighted by atomic mass is 16.1. The van der Waals surface area contributed by atoms with Crippen LogP contribution >= 0.6 is 0 Å². The predicted molar refractivity (Wildman–Crippen MR) is 61.9 cm³/mol. The summed E-state index contributed by atoms with van der Waals surface area (Å²) in [7, 11) is 0. The molecule has 1 aliphatic rings. The second kappa shape index (κ2) is 4.43. The van der Waals surface area contributed by atoms with Gasteiger partial charge in [0.1, 0.15) is 0 Å². The first-order valence-electron chi connectivity index (χ1n) is 5.53. The van der Waals surface area contributed by atoms with Gasteiger partial charge in [-0.3, -0.25) is 4.79 Å². The molecule has 0 aliphatic heterocycles. The van der Waals surface area contributed by atoms with Gasteiger partial charge >= 0.3 is 0 Å². The number of ketones is 1. The first-order chi connectivity index (χ1) is 7.27. The Bertz CT molecular complexity index is 364. The largest absolute Gasteiger partial charge is 0.294 e. The van der Waals surface area contributed by atoms with Crippen LogP contribution in [0.25, 0.3) is 0 Å². The van der Waals surface area contributed by atoms with Gasteiger partial charge in [0.25, 0.3) is 0 Å². The quantitative estimate of drug-likeness (QED) is 0.538. The van der Waals surface area contributed by atoms with Gasteiger partial charge in [0.15, 0.2) is 5.78 Å². The molecule has 1 nitrogen and oxygen atoms in total. The van der Waals surface area contributed by atoms with Gasteiger partial charge in [-0.2, -0.15) is 0 Å². The Morgan fingerprint density at radius 2 is 2.07 bits per heavy atom. The number of Topliss-reactive ketones (excluding diaryl/α,β-unsaturated/α-hetero) is 1. The van der Waals surface area contributed by atoms with Crippen LogP contribution in [0.3, 0.4) is 0 Å². The minimum atomic E-state index is 0.253. The van der Waals surface area contributed by atoms with Crippen molar-refractivity contribution in [1.29, 1.82) is 0 Å². The van der Waals surface area contributed by atoms with Crippen molar-refractivity contribution in [2.45, 2.75) is 25.7 Å². The Hall–Kier alpha value is -1.37. The minimum absolute atomic E-state index is 0.253. The summed E-state index contributed by atoms with van der Waals surface area (Å²) in [5.41, 5.74) is 2.09. The zero-order valence-corrected chi connectivity index (χ0v) is 8.91. The maximum Gasteiger partial charge on any atom is 0.163 e. The summed E-state index contributed by atoms with van der Waals surface area (Å²) in [4.78, 5) is 11.9. The third-order valence-electron chi connectivity index (χ3n) is 3.16. The zero-order chi connectivity index (χ0) is 10.7. The number of benzene rings is 1. The van der Waals surface area contributed by atoms with E-state index in [4.69, 9.17) is 0 Å². The van der Waals surface area contributed by atoms with Gasteiger partial charge in [0.2, 0.25) is 0 Å². The molecule has 1 fully saturated rings. The van der Waals surface area contributed by atoms with Crippen LogP contribution < -0.4 is 0 Å². The molecule has 2 rings (SSSR count). The molecule has 15 heavy (non-hydrogen) atoms. The highest BCUT2D eigenvalue weighted by Crippen LogP contribution is 2.32. The Labute approximate surface area is 90.8 Å². The topological polar surface area (TPSA) is 17.1 Å². The van der Waals surface area contributed by atoms with Gasteiger partial charge in [0, 0.05) is 12.0 Å². The van der Waals surface area contributed by atoms with Crippen LogP contribution in [0.4, 0.5) is 0 Å². The van der Waals surface area contributed by atoms with Crippen molar-refractivity contribution in [3.63, 3.8) is 0 Å². The smallest absolute Gasteiger partial charge is 0.163 e. The van der Waals surface area contributed by atoms with Gasteiger partial charge in [0.05, 0.1) is 0 Å². The lowest BCUT2D eigenvalue weighted by Crippen LogP contribution is -2.06. The van der Waals surface area contributed by atoms with Gasteiger partial charge in [-0.15, -0.1) is 0 Å². The highest BCUT2D eigenvalue weighted by molar-refractivity contribution is 5.96. The SMILES string of the molecule is C=C1CCCC1CC(=O)c1ccccc1. The number of allylic oxidation sites excluding steroid dienone is 1. The highest BCUT2D eigenvalue weighted by Gasteiger charge is 2.22. The molecule has 0 aromatic heterocycles. The molecule has 1 aliphatic carbocycles. The standard InChI is InChI=1S/C14H16O/c1-11-6-5-9-13(11)10-14(15)12-7-3-2-4-8-12/h2-4,7-8,13H,1,5-6,9-10H2. The summed E-state index contributed by atoms with van der Waals surface area (Å²) in [6.45, 7) is 4.03. The van der Waals surface area contributed by atoms with E-state index in [1.807, 2.05) is 30.3 Å². The Balaban J connectivity index is 2.01. The van der Waals surface area contributed by atoms with E-state index < -0.39 is 0 Å². The summed E-state index contributed by atoms with van der Waals surface area (Å²) < 4.78 is 0. The number of rotatable bonds is 3. The van der Waals surface area contributed by atoms with Crippen molar-refractivity contribution < 1.29 is 4.79 Å². The molecule has 1 saturated carbocycles. The number of carbonyl (C=O) groups excluding carboxylic acids is 1. The van der Waals surface area contributed by atoms with Gasteiger partial charge in [-0.05, 0) is 25.2 Å². The molecule has 1 heteroatoms. The van der Waals surface area contributed by atoms with Crippen LogP contribution in [0, 0.1) is 5.92 Å². The maximum absolute atomic E-state index is 11.9. The van der Waals surface area contributed by atoms with Crippen molar-refractivity contribution in [2.24, 2.45) is 5.92 Å². The van der Waals surface area contributed by atoms with E-state index in [0.717, 1.165) is 18.4 Å². The van der Waals surface area contributed by atoms with E-state index in [9.17, 15) is 4.79 Å². The Kier molecular flexibility index (Phi) is 3.00. The van der Waals surface area contributed by atoms with Crippen LogP contribution in [-0.4, -0.2) is 5.78 Å². The fraction of sp³-hybridized carbons (Fsp3) is 0.357. The molecule has 1 aromatic rings. The average Bonchev–Trinajstić information content (AvgIpc) is 2.66. The van der Waals surface area contributed by atoms with E-state index in [2.05, 4.69) is 6.58 Å². The molecule has 0 amide bonds. The van der Waals surface area contributed by atoms with Crippen molar-refractivity contribution >= 4 is 5.78 Å². The number of carbonyl (C=O) groups is 1. The summed E-state index contributed by atoms with van der Waals surface area (Å²) in [6, 6.07) is 9.54. The third kappa shape index (κ3) is 2.35. The Morgan fingerprint density at radius 1 is 1.33 bits per heavy atom. The molecular weight excluding hydrogens is 184 g/mol.